The van der Waals surface area contributed by atoms with Crippen LogP contribution in [0.2, 0.25) is 0 Å². The number of rotatable bonds is 3. The van der Waals surface area contributed by atoms with E-state index < -0.39 is 5.97 Å². The van der Waals surface area contributed by atoms with Crippen molar-refractivity contribution in [2.75, 3.05) is 0 Å². The molecule has 0 unspecified atom stereocenters. The molecule has 1 aromatic carbocycles. The number of carboxylic acids is 1. The van der Waals surface area contributed by atoms with Crippen LogP contribution in [-0.4, -0.2) is 16.1 Å². The largest absolute Gasteiger partial charge is 0.477 e. The summed E-state index contributed by atoms with van der Waals surface area (Å²) < 4.78 is 0. The first-order chi connectivity index (χ1) is 7.72. The third-order valence-corrected chi connectivity index (χ3v) is 3.40. The van der Waals surface area contributed by atoms with Crippen LogP contribution >= 0.6 is 11.3 Å². The Morgan fingerprint density at radius 2 is 2.06 bits per heavy atom. The molecule has 2 rings (SSSR count). The molecular formula is C12H11NO2S. The van der Waals surface area contributed by atoms with Gasteiger partial charge in [0.05, 0.1) is 10.7 Å². The first-order valence-electron chi connectivity index (χ1n) is 5.00. The van der Waals surface area contributed by atoms with E-state index in [0.717, 1.165) is 17.0 Å². The fraction of sp³-hybridized carbons (Fsp3) is 0.167. The average Bonchev–Trinajstić information content (AvgIpc) is 2.74. The van der Waals surface area contributed by atoms with Gasteiger partial charge in [0.1, 0.15) is 4.88 Å². The highest BCUT2D eigenvalue weighted by molar-refractivity contribution is 7.14. The zero-order valence-corrected chi connectivity index (χ0v) is 9.62. The minimum atomic E-state index is -0.906. The van der Waals surface area contributed by atoms with Crippen LogP contribution in [0, 0.1) is 0 Å². The molecule has 0 bridgehead atoms. The Labute approximate surface area is 97.4 Å². The van der Waals surface area contributed by atoms with Crippen LogP contribution in [0.15, 0.2) is 30.3 Å². The number of aryl methyl sites for hydroxylation is 1. The predicted octanol–water partition coefficient (Wildman–Crippen LogP) is 3.07. The molecule has 16 heavy (non-hydrogen) atoms. The van der Waals surface area contributed by atoms with E-state index in [-0.39, 0.29) is 0 Å². The van der Waals surface area contributed by atoms with Crippen LogP contribution in [0.4, 0.5) is 0 Å². The maximum absolute atomic E-state index is 11.1. The summed E-state index contributed by atoms with van der Waals surface area (Å²) in [5.74, 6) is -0.906. The molecule has 0 spiro atoms. The van der Waals surface area contributed by atoms with Crippen molar-refractivity contribution in [1.29, 1.82) is 0 Å². The highest BCUT2D eigenvalue weighted by Gasteiger charge is 2.17. The predicted molar refractivity (Wildman–Crippen MR) is 63.9 cm³/mol. The second-order valence-corrected chi connectivity index (χ2v) is 4.39. The van der Waals surface area contributed by atoms with Crippen LogP contribution in [-0.2, 0) is 6.42 Å². The number of carbonyl (C=O) groups is 1. The van der Waals surface area contributed by atoms with Gasteiger partial charge in [-0.05, 0) is 6.42 Å². The number of aromatic nitrogens is 1. The van der Waals surface area contributed by atoms with Crippen LogP contribution in [0.3, 0.4) is 0 Å². The molecule has 0 fully saturated rings. The fourth-order valence-corrected chi connectivity index (χ4v) is 2.32. The molecule has 1 heterocycles. The van der Waals surface area contributed by atoms with E-state index in [1.807, 2.05) is 37.3 Å². The Kier molecular flexibility index (Phi) is 3.01. The summed E-state index contributed by atoms with van der Waals surface area (Å²) in [7, 11) is 0. The van der Waals surface area contributed by atoms with Crippen LogP contribution in [0.5, 0.6) is 0 Å². The fourth-order valence-electron chi connectivity index (χ4n) is 1.45. The summed E-state index contributed by atoms with van der Waals surface area (Å²) in [5, 5.41) is 9.96. The number of carboxylic acid groups (broad SMARTS) is 1. The van der Waals surface area contributed by atoms with Crippen LogP contribution < -0.4 is 0 Å². The second-order valence-electron chi connectivity index (χ2n) is 3.31. The second kappa shape index (κ2) is 4.45. The Morgan fingerprint density at radius 1 is 1.38 bits per heavy atom. The van der Waals surface area contributed by atoms with Gasteiger partial charge in [-0.1, -0.05) is 37.3 Å². The standard InChI is InChI=1S/C12H11NO2S/c1-2-9-13-10(11(16-9)12(14)15)8-6-4-3-5-7-8/h3-7H,2H2,1H3,(H,14,15). The third-order valence-electron chi connectivity index (χ3n) is 2.22. The van der Waals surface area contributed by atoms with Crippen molar-refractivity contribution in [3.63, 3.8) is 0 Å². The van der Waals surface area contributed by atoms with E-state index in [9.17, 15) is 4.79 Å². The Morgan fingerprint density at radius 3 is 2.62 bits per heavy atom. The number of nitrogens with zero attached hydrogens (tertiary/aromatic N) is 1. The smallest absolute Gasteiger partial charge is 0.348 e. The summed E-state index contributed by atoms with van der Waals surface area (Å²) in [6, 6.07) is 9.41. The molecule has 1 aromatic heterocycles. The molecule has 82 valence electrons. The van der Waals surface area contributed by atoms with Gasteiger partial charge >= 0.3 is 5.97 Å². The molecule has 0 saturated heterocycles. The minimum Gasteiger partial charge on any atom is -0.477 e. The highest BCUT2D eigenvalue weighted by atomic mass is 32.1. The first kappa shape index (κ1) is 10.8. The van der Waals surface area contributed by atoms with Gasteiger partial charge in [0.25, 0.3) is 0 Å². The summed E-state index contributed by atoms with van der Waals surface area (Å²) in [6.45, 7) is 1.97. The van der Waals surface area contributed by atoms with Crippen LogP contribution in [0.25, 0.3) is 11.3 Å². The molecular weight excluding hydrogens is 222 g/mol. The molecule has 3 nitrogen and oxygen atoms in total. The summed E-state index contributed by atoms with van der Waals surface area (Å²) in [4.78, 5) is 15.8. The summed E-state index contributed by atoms with van der Waals surface area (Å²) in [6.07, 6.45) is 0.762. The van der Waals surface area contributed by atoms with Crippen molar-refractivity contribution in [2.24, 2.45) is 0 Å². The molecule has 0 amide bonds. The number of aromatic carboxylic acids is 1. The molecule has 0 aliphatic rings. The molecule has 0 aliphatic carbocycles. The van der Waals surface area contributed by atoms with Gasteiger partial charge in [-0.3, -0.25) is 0 Å². The van der Waals surface area contributed by atoms with Gasteiger partial charge in [0.2, 0.25) is 0 Å². The van der Waals surface area contributed by atoms with E-state index >= 15 is 0 Å². The van der Waals surface area contributed by atoms with Crippen molar-refractivity contribution < 1.29 is 9.90 Å². The van der Waals surface area contributed by atoms with Gasteiger partial charge in [-0.25, -0.2) is 9.78 Å². The van der Waals surface area contributed by atoms with E-state index in [2.05, 4.69) is 4.98 Å². The molecule has 1 N–H and O–H groups in total. The Hall–Kier alpha value is -1.68. The Bertz CT molecular complexity index is 505. The Balaban J connectivity index is 2.55. The van der Waals surface area contributed by atoms with E-state index in [1.54, 1.807) is 0 Å². The maximum atomic E-state index is 11.1. The van der Waals surface area contributed by atoms with Crippen molar-refractivity contribution in [3.05, 3.63) is 40.2 Å². The first-order valence-corrected chi connectivity index (χ1v) is 5.82. The SMILES string of the molecule is CCc1nc(-c2ccccc2)c(C(=O)O)s1. The lowest BCUT2D eigenvalue weighted by Crippen LogP contribution is -1.95. The maximum Gasteiger partial charge on any atom is 0.348 e. The number of hydrogen-bond donors (Lipinski definition) is 1. The quantitative estimate of drug-likeness (QED) is 0.886. The third kappa shape index (κ3) is 1.97. The van der Waals surface area contributed by atoms with Crippen LogP contribution in [0.1, 0.15) is 21.6 Å². The van der Waals surface area contributed by atoms with Crippen molar-refractivity contribution in [1.82, 2.24) is 4.98 Å². The number of hydrogen-bond acceptors (Lipinski definition) is 3. The average molecular weight is 233 g/mol. The molecule has 0 radical (unpaired) electrons. The number of benzene rings is 1. The molecule has 4 heteroatoms. The van der Waals surface area contributed by atoms with Gasteiger partial charge in [-0.2, -0.15) is 0 Å². The van der Waals surface area contributed by atoms with Gasteiger partial charge in [0.15, 0.2) is 0 Å². The highest BCUT2D eigenvalue weighted by Crippen LogP contribution is 2.28. The number of thiazole rings is 1. The molecule has 2 aromatic rings. The van der Waals surface area contributed by atoms with E-state index in [4.69, 9.17) is 5.11 Å². The minimum absolute atomic E-state index is 0.322. The lowest BCUT2D eigenvalue weighted by Gasteiger charge is -1.97. The van der Waals surface area contributed by atoms with E-state index in [1.165, 1.54) is 11.3 Å². The molecule has 0 aliphatic heterocycles. The normalized spacial score (nSPS) is 10.3. The van der Waals surface area contributed by atoms with Gasteiger partial charge in [0, 0.05) is 5.56 Å². The van der Waals surface area contributed by atoms with E-state index in [0.29, 0.717) is 10.6 Å². The van der Waals surface area contributed by atoms with Crippen molar-refractivity contribution in [2.45, 2.75) is 13.3 Å². The van der Waals surface area contributed by atoms with Gasteiger partial charge < -0.3 is 5.11 Å². The zero-order chi connectivity index (χ0) is 11.5. The molecule has 0 saturated carbocycles. The van der Waals surface area contributed by atoms with Gasteiger partial charge in [-0.15, -0.1) is 11.3 Å². The topological polar surface area (TPSA) is 50.2 Å². The van der Waals surface area contributed by atoms with Crippen molar-refractivity contribution in [3.8, 4) is 11.3 Å². The lowest BCUT2D eigenvalue weighted by molar-refractivity contribution is 0.0702. The monoisotopic (exact) mass is 233 g/mol. The lowest BCUT2D eigenvalue weighted by atomic mass is 10.1. The molecule has 0 atom stereocenters. The summed E-state index contributed by atoms with van der Waals surface area (Å²) >= 11 is 1.25. The van der Waals surface area contributed by atoms with Crippen molar-refractivity contribution >= 4 is 17.3 Å². The summed E-state index contributed by atoms with van der Waals surface area (Å²) in [5.41, 5.74) is 1.44. The zero-order valence-electron chi connectivity index (χ0n) is 8.80.